The van der Waals surface area contributed by atoms with Gasteiger partial charge in [0.2, 0.25) is 0 Å². The van der Waals surface area contributed by atoms with Crippen LogP contribution in [0.2, 0.25) is 0 Å². The number of aliphatic hydroxyl groups excluding tert-OH is 1. The molecule has 15 heavy (non-hydrogen) atoms. The standard InChI is InChI=1S/C9H18N2O4/c1-8(12)4-3-6-11(10-14)7-5-9(13)15-2/h8,12H,3-7H2,1-2H3. The first kappa shape index (κ1) is 13.8. The van der Waals surface area contributed by atoms with Gasteiger partial charge in [0.1, 0.15) is 0 Å². The van der Waals surface area contributed by atoms with Crippen molar-refractivity contribution in [3.05, 3.63) is 4.91 Å². The molecule has 1 N–H and O–H groups in total. The molecule has 0 aromatic carbocycles. The van der Waals surface area contributed by atoms with Crippen LogP contribution >= 0.6 is 0 Å². The van der Waals surface area contributed by atoms with Gasteiger partial charge in [-0.2, -0.15) is 0 Å². The minimum absolute atomic E-state index is 0.150. The number of carbonyl (C=O) groups excluding carboxylic acids is 1. The average molecular weight is 218 g/mol. The van der Waals surface area contributed by atoms with Gasteiger partial charge >= 0.3 is 5.97 Å². The highest BCUT2D eigenvalue weighted by atomic mass is 16.5. The van der Waals surface area contributed by atoms with Crippen molar-refractivity contribution in [1.29, 1.82) is 0 Å². The normalized spacial score (nSPS) is 11.9. The number of aliphatic hydroxyl groups is 1. The van der Waals surface area contributed by atoms with E-state index in [9.17, 15) is 9.70 Å². The Balaban J connectivity index is 3.64. The molecular formula is C9H18N2O4. The van der Waals surface area contributed by atoms with E-state index in [2.05, 4.69) is 10.0 Å². The Hall–Kier alpha value is -1.17. The molecule has 6 nitrogen and oxygen atoms in total. The number of carbonyl (C=O) groups is 1. The first-order valence-corrected chi connectivity index (χ1v) is 4.93. The predicted octanol–water partition coefficient (Wildman–Crippen LogP) is 0.694. The third-order valence-electron chi connectivity index (χ3n) is 1.96. The molecule has 0 rings (SSSR count). The highest BCUT2D eigenvalue weighted by molar-refractivity contribution is 5.69. The number of ether oxygens (including phenoxy) is 1. The summed E-state index contributed by atoms with van der Waals surface area (Å²) in [6, 6.07) is 0. The molecule has 0 aliphatic rings. The van der Waals surface area contributed by atoms with Gasteiger partial charge in [0.05, 0.1) is 24.9 Å². The highest BCUT2D eigenvalue weighted by Crippen LogP contribution is 2.01. The maximum absolute atomic E-state index is 10.8. The van der Waals surface area contributed by atoms with Crippen LogP contribution in [0.1, 0.15) is 26.2 Å². The van der Waals surface area contributed by atoms with Gasteiger partial charge in [0.25, 0.3) is 0 Å². The van der Waals surface area contributed by atoms with E-state index in [-0.39, 0.29) is 25.0 Å². The second-order valence-corrected chi connectivity index (χ2v) is 3.35. The van der Waals surface area contributed by atoms with Gasteiger partial charge in [-0.15, -0.1) is 4.91 Å². The number of nitrogens with zero attached hydrogens (tertiary/aromatic N) is 2. The zero-order valence-corrected chi connectivity index (χ0v) is 9.18. The van der Waals surface area contributed by atoms with Crippen molar-refractivity contribution in [3.8, 4) is 0 Å². The van der Waals surface area contributed by atoms with E-state index in [0.29, 0.717) is 19.4 Å². The van der Waals surface area contributed by atoms with Crippen molar-refractivity contribution in [1.82, 2.24) is 5.01 Å². The van der Waals surface area contributed by atoms with Crippen LogP contribution in [0.3, 0.4) is 0 Å². The summed E-state index contributed by atoms with van der Waals surface area (Å²) in [5.74, 6) is -0.362. The SMILES string of the molecule is COC(=O)CCN(CCCC(C)O)N=O. The Morgan fingerprint density at radius 1 is 1.53 bits per heavy atom. The number of hydrogen-bond acceptors (Lipinski definition) is 5. The van der Waals surface area contributed by atoms with Crippen molar-refractivity contribution in [2.24, 2.45) is 5.29 Å². The lowest BCUT2D eigenvalue weighted by atomic mass is 10.2. The monoisotopic (exact) mass is 218 g/mol. The number of rotatable bonds is 8. The van der Waals surface area contributed by atoms with Gasteiger partial charge in [-0.1, -0.05) is 0 Å². The highest BCUT2D eigenvalue weighted by Gasteiger charge is 2.07. The van der Waals surface area contributed by atoms with E-state index in [1.54, 1.807) is 6.92 Å². The smallest absolute Gasteiger partial charge is 0.307 e. The van der Waals surface area contributed by atoms with Gasteiger partial charge < -0.3 is 9.84 Å². The quantitative estimate of drug-likeness (QED) is 0.368. The largest absolute Gasteiger partial charge is 0.469 e. The Morgan fingerprint density at radius 2 is 2.20 bits per heavy atom. The van der Waals surface area contributed by atoms with Crippen molar-refractivity contribution in [2.75, 3.05) is 20.2 Å². The van der Waals surface area contributed by atoms with Gasteiger partial charge in [0.15, 0.2) is 0 Å². The summed E-state index contributed by atoms with van der Waals surface area (Å²) >= 11 is 0. The molecule has 0 saturated carbocycles. The van der Waals surface area contributed by atoms with E-state index in [4.69, 9.17) is 5.11 Å². The van der Waals surface area contributed by atoms with Gasteiger partial charge in [-0.25, -0.2) is 0 Å². The molecule has 6 heteroatoms. The van der Waals surface area contributed by atoms with E-state index in [0.717, 1.165) is 0 Å². The molecular weight excluding hydrogens is 200 g/mol. The van der Waals surface area contributed by atoms with Crippen LogP contribution in [0, 0.1) is 4.91 Å². The molecule has 0 fully saturated rings. The van der Waals surface area contributed by atoms with Gasteiger partial charge in [-0.3, -0.25) is 9.80 Å². The third kappa shape index (κ3) is 7.87. The zero-order valence-electron chi connectivity index (χ0n) is 9.18. The number of nitroso groups, excluding NO2 is 1. The lowest BCUT2D eigenvalue weighted by Gasteiger charge is -2.14. The Kier molecular flexibility index (Phi) is 7.53. The zero-order chi connectivity index (χ0) is 11.7. The van der Waals surface area contributed by atoms with Gasteiger partial charge in [0, 0.05) is 13.1 Å². The van der Waals surface area contributed by atoms with E-state index < -0.39 is 0 Å². The predicted molar refractivity (Wildman–Crippen MR) is 54.9 cm³/mol. The summed E-state index contributed by atoms with van der Waals surface area (Å²) in [6.45, 7) is 2.40. The molecule has 1 unspecified atom stereocenters. The van der Waals surface area contributed by atoms with Crippen LogP contribution in [-0.2, 0) is 9.53 Å². The van der Waals surface area contributed by atoms with E-state index in [1.165, 1.54) is 12.1 Å². The molecule has 1 atom stereocenters. The lowest BCUT2D eigenvalue weighted by molar-refractivity contribution is -0.141. The van der Waals surface area contributed by atoms with Crippen LogP contribution < -0.4 is 0 Å². The first-order valence-electron chi connectivity index (χ1n) is 4.93. The van der Waals surface area contributed by atoms with Gasteiger partial charge in [-0.05, 0) is 19.8 Å². The minimum Gasteiger partial charge on any atom is -0.469 e. The lowest BCUT2D eigenvalue weighted by Crippen LogP contribution is -2.22. The molecule has 0 bridgehead atoms. The summed E-state index contributed by atoms with van der Waals surface area (Å²) in [5.41, 5.74) is 0. The minimum atomic E-state index is -0.376. The number of methoxy groups -OCH3 is 1. The summed E-state index contributed by atoms with van der Waals surface area (Å²) in [4.78, 5) is 21.1. The van der Waals surface area contributed by atoms with E-state index >= 15 is 0 Å². The van der Waals surface area contributed by atoms with Crippen molar-refractivity contribution in [2.45, 2.75) is 32.3 Å². The summed E-state index contributed by atoms with van der Waals surface area (Å²) in [5, 5.41) is 13.0. The fraction of sp³-hybridized carbons (Fsp3) is 0.889. The van der Waals surface area contributed by atoms with E-state index in [1.807, 2.05) is 0 Å². The van der Waals surface area contributed by atoms with Crippen LogP contribution in [0.5, 0.6) is 0 Å². The number of esters is 1. The average Bonchev–Trinajstić information content (AvgIpc) is 2.22. The van der Waals surface area contributed by atoms with Crippen LogP contribution in [-0.4, -0.2) is 42.4 Å². The fourth-order valence-electron chi connectivity index (χ4n) is 1.09. The second kappa shape index (κ2) is 8.16. The summed E-state index contributed by atoms with van der Waals surface area (Å²) < 4.78 is 4.44. The topological polar surface area (TPSA) is 79.2 Å². The summed E-state index contributed by atoms with van der Waals surface area (Å²) in [6.07, 6.45) is 1.06. The Morgan fingerprint density at radius 3 is 2.67 bits per heavy atom. The molecule has 0 aromatic heterocycles. The van der Waals surface area contributed by atoms with Crippen molar-refractivity contribution < 1.29 is 14.6 Å². The molecule has 88 valence electrons. The molecule has 0 amide bonds. The second-order valence-electron chi connectivity index (χ2n) is 3.35. The maximum atomic E-state index is 10.8. The molecule has 0 aromatic rings. The Labute approximate surface area is 89.2 Å². The third-order valence-corrected chi connectivity index (χ3v) is 1.96. The molecule has 0 saturated heterocycles. The molecule has 0 heterocycles. The molecule has 0 aliphatic carbocycles. The Bertz CT molecular complexity index is 197. The first-order chi connectivity index (χ1) is 7.10. The molecule has 0 radical (unpaired) electrons. The fourth-order valence-corrected chi connectivity index (χ4v) is 1.09. The molecule has 0 spiro atoms. The van der Waals surface area contributed by atoms with Crippen molar-refractivity contribution in [3.63, 3.8) is 0 Å². The molecule has 0 aliphatic heterocycles. The summed E-state index contributed by atoms with van der Waals surface area (Å²) in [7, 11) is 1.30. The van der Waals surface area contributed by atoms with Crippen molar-refractivity contribution >= 4 is 5.97 Å². The maximum Gasteiger partial charge on any atom is 0.307 e. The van der Waals surface area contributed by atoms with Crippen LogP contribution in [0.15, 0.2) is 5.29 Å². The van der Waals surface area contributed by atoms with Crippen LogP contribution in [0.25, 0.3) is 0 Å². The van der Waals surface area contributed by atoms with Crippen LogP contribution in [0.4, 0.5) is 0 Å². The number of hydrogen-bond donors (Lipinski definition) is 1.